The maximum atomic E-state index is 4.84. The second-order valence-electron chi connectivity index (χ2n) is 9.16. The lowest BCUT2D eigenvalue weighted by Crippen LogP contribution is -2.09. The molecule has 0 aliphatic heterocycles. The molecule has 0 N–H and O–H groups in total. The molecular weight excluding hydrogens is 360 g/mol. The van der Waals surface area contributed by atoms with Crippen LogP contribution in [0.1, 0.15) is 31.2 Å². The zero-order valence-corrected chi connectivity index (χ0v) is 17.4. The van der Waals surface area contributed by atoms with Crippen LogP contribution in [0.15, 0.2) is 48.0 Å². The lowest BCUT2D eigenvalue weighted by atomic mass is 9.85. The van der Waals surface area contributed by atoms with Gasteiger partial charge >= 0.3 is 0 Å². The lowest BCUT2D eigenvalue weighted by Gasteiger charge is -2.20. The normalized spacial score (nSPS) is 13.1. The van der Waals surface area contributed by atoms with E-state index in [1.807, 2.05) is 17.5 Å². The number of benzene rings is 2. The smallest absolute Gasteiger partial charge is 0.0831 e. The molecule has 0 atom stereocenters. The van der Waals surface area contributed by atoms with Crippen LogP contribution in [0.5, 0.6) is 0 Å². The molecule has 0 aliphatic carbocycles. The third-order valence-electron chi connectivity index (χ3n) is 5.89. The maximum absolute atomic E-state index is 4.84. The van der Waals surface area contributed by atoms with Gasteiger partial charge in [-0.15, -0.1) is 11.3 Å². The lowest BCUT2D eigenvalue weighted by molar-refractivity contribution is 0.413. The third kappa shape index (κ3) is 2.00. The molecule has 4 heterocycles. The van der Waals surface area contributed by atoms with Gasteiger partial charge in [0, 0.05) is 38.0 Å². The first-order chi connectivity index (χ1) is 13.4. The largest absolute Gasteiger partial charge is 0.307 e. The van der Waals surface area contributed by atoms with Gasteiger partial charge in [-0.3, -0.25) is 4.98 Å². The van der Waals surface area contributed by atoms with Crippen molar-refractivity contribution in [3.8, 4) is 0 Å². The number of nitrogens with zero attached hydrogens (tertiary/aromatic N) is 2. The molecular formula is C25H22N2S. The number of thiophene rings is 1. The van der Waals surface area contributed by atoms with Gasteiger partial charge in [-0.05, 0) is 41.8 Å². The minimum absolute atomic E-state index is 0.229. The van der Waals surface area contributed by atoms with E-state index in [4.69, 9.17) is 4.98 Å². The van der Waals surface area contributed by atoms with E-state index in [1.165, 1.54) is 53.9 Å². The molecule has 6 aromatic rings. The first-order valence-corrected chi connectivity index (χ1v) is 10.7. The van der Waals surface area contributed by atoms with Crippen molar-refractivity contribution in [2.24, 2.45) is 5.41 Å². The van der Waals surface area contributed by atoms with Crippen LogP contribution in [0.4, 0.5) is 0 Å². The van der Waals surface area contributed by atoms with Crippen LogP contribution in [0.3, 0.4) is 0 Å². The van der Waals surface area contributed by atoms with E-state index in [9.17, 15) is 0 Å². The number of para-hydroxylation sites is 1. The highest BCUT2D eigenvalue weighted by Crippen LogP contribution is 2.44. The van der Waals surface area contributed by atoms with Crippen molar-refractivity contribution in [1.29, 1.82) is 0 Å². The van der Waals surface area contributed by atoms with Crippen molar-refractivity contribution in [2.45, 2.75) is 34.1 Å². The van der Waals surface area contributed by atoms with Crippen LogP contribution >= 0.6 is 11.3 Å². The molecule has 0 unspecified atom stereocenters. The molecule has 3 heteroatoms. The number of aryl methyl sites for hydroxylation is 1. The Labute approximate surface area is 167 Å². The SMILES string of the molecule is Cc1scc2c3nccc4cc(CC(C)(C)C)c5c6ccccc6n(c12)c5c43. The monoisotopic (exact) mass is 382 g/mol. The number of fused-ring (bicyclic) bond motifs is 6. The van der Waals surface area contributed by atoms with Gasteiger partial charge < -0.3 is 4.40 Å². The fraction of sp³-hybridized carbons (Fsp3) is 0.240. The van der Waals surface area contributed by atoms with Crippen molar-refractivity contribution in [3.63, 3.8) is 0 Å². The average Bonchev–Trinajstić information content (AvgIpc) is 3.19. The Morgan fingerprint density at radius 1 is 1.00 bits per heavy atom. The predicted molar refractivity (Wildman–Crippen MR) is 122 cm³/mol. The third-order valence-corrected chi connectivity index (χ3v) is 6.79. The highest BCUT2D eigenvalue weighted by molar-refractivity contribution is 7.11. The van der Waals surface area contributed by atoms with Crippen LogP contribution in [-0.4, -0.2) is 9.38 Å². The van der Waals surface area contributed by atoms with Crippen molar-refractivity contribution >= 4 is 60.3 Å². The summed E-state index contributed by atoms with van der Waals surface area (Å²) in [5.74, 6) is 0. The van der Waals surface area contributed by atoms with Crippen molar-refractivity contribution in [2.75, 3.05) is 0 Å². The Kier molecular flexibility index (Phi) is 3.05. The summed E-state index contributed by atoms with van der Waals surface area (Å²) in [6, 6.07) is 13.5. The second kappa shape index (κ2) is 5.24. The molecule has 2 nitrogen and oxygen atoms in total. The Bertz CT molecular complexity index is 1530. The van der Waals surface area contributed by atoms with Crippen LogP contribution < -0.4 is 0 Å². The summed E-state index contributed by atoms with van der Waals surface area (Å²) in [6.07, 6.45) is 3.03. The summed E-state index contributed by atoms with van der Waals surface area (Å²) in [5, 5.41) is 8.91. The molecule has 0 fully saturated rings. The van der Waals surface area contributed by atoms with Gasteiger partial charge in [0.05, 0.1) is 22.1 Å². The zero-order chi connectivity index (χ0) is 19.2. The van der Waals surface area contributed by atoms with Crippen LogP contribution in [0.2, 0.25) is 0 Å². The minimum Gasteiger partial charge on any atom is -0.307 e. The average molecular weight is 383 g/mol. The number of hydrogen-bond donors (Lipinski definition) is 0. The Morgan fingerprint density at radius 2 is 1.82 bits per heavy atom. The van der Waals surface area contributed by atoms with Crippen LogP contribution in [0, 0.1) is 12.3 Å². The van der Waals surface area contributed by atoms with E-state index >= 15 is 0 Å². The van der Waals surface area contributed by atoms with E-state index in [2.05, 4.69) is 73.9 Å². The summed E-state index contributed by atoms with van der Waals surface area (Å²) in [4.78, 5) is 6.19. The summed E-state index contributed by atoms with van der Waals surface area (Å²) in [7, 11) is 0. The number of aromatic nitrogens is 2. The molecule has 28 heavy (non-hydrogen) atoms. The number of hydrogen-bond acceptors (Lipinski definition) is 2. The molecule has 0 saturated carbocycles. The van der Waals surface area contributed by atoms with Gasteiger partial charge in [0.2, 0.25) is 0 Å². The Balaban J connectivity index is 2.02. The van der Waals surface area contributed by atoms with Gasteiger partial charge in [0.25, 0.3) is 0 Å². The van der Waals surface area contributed by atoms with Gasteiger partial charge in [-0.1, -0.05) is 45.0 Å². The van der Waals surface area contributed by atoms with Crippen molar-refractivity contribution < 1.29 is 0 Å². The molecule has 0 saturated heterocycles. The van der Waals surface area contributed by atoms with Crippen LogP contribution in [-0.2, 0) is 6.42 Å². The minimum atomic E-state index is 0.229. The zero-order valence-electron chi connectivity index (χ0n) is 16.6. The fourth-order valence-electron chi connectivity index (χ4n) is 4.95. The molecule has 0 radical (unpaired) electrons. The van der Waals surface area contributed by atoms with Gasteiger partial charge in [0.1, 0.15) is 0 Å². The second-order valence-corrected chi connectivity index (χ2v) is 10.2. The van der Waals surface area contributed by atoms with E-state index in [0.29, 0.717) is 0 Å². The maximum Gasteiger partial charge on any atom is 0.0831 e. The van der Waals surface area contributed by atoms with Gasteiger partial charge in [-0.25, -0.2) is 0 Å². The summed E-state index contributed by atoms with van der Waals surface area (Å²) < 4.78 is 2.51. The van der Waals surface area contributed by atoms with E-state index in [0.717, 1.165) is 11.9 Å². The Morgan fingerprint density at radius 3 is 2.64 bits per heavy atom. The van der Waals surface area contributed by atoms with E-state index in [1.54, 1.807) is 0 Å². The van der Waals surface area contributed by atoms with Crippen molar-refractivity contribution in [3.05, 3.63) is 58.4 Å². The summed E-state index contributed by atoms with van der Waals surface area (Å²) in [5.41, 5.74) is 6.77. The highest BCUT2D eigenvalue weighted by atomic mass is 32.1. The number of pyridine rings is 2. The van der Waals surface area contributed by atoms with Crippen LogP contribution in [0.25, 0.3) is 49.0 Å². The van der Waals surface area contributed by atoms with E-state index in [-0.39, 0.29) is 5.41 Å². The fourth-order valence-corrected chi connectivity index (χ4v) is 5.78. The van der Waals surface area contributed by atoms with Gasteiger partial charge in [-0.2, -0.15) is 0 Å². The molecule has 0 amide bonds. The standard InChI is InChI=1S/C25H22N2S/c1-14-23-18(13-28-14)22-21-15(9-10-26-22)11-16(12-25(2,3)4)20-17-7-5-6-8-19(17)27(23)24(20)21/h5-11,13H,12H2,1-4H3. The number of rotatable bonds is 1. The van der Waals surface area contributed by atoms with Crippen molar-refractivity contribution in [1.82, 2.24) is 9.38 Å². The van der Waals surface area contributed by atoms with Gasteiger partial charge in [0.15, 0.2) is 0 Å². The summed E-state index contributed by atoms with van der Waals surface area (Å²) in [6.45, 7) is 9.21. The molecule has 0 bridgehead atoms. The summed E-state index contributed by atoms with van der Waals surface area (Å²) >= 11 is 1.82. The molecule has 0 spiro atoms. The topological polar surface area (TPSA) is 17.3 Å². The molecule has 0 aliphatic rings. The predicted octanol–water partition coefficient (Wildman–Crippen LogP) is 7.34. The first kappa shape index (κ1) is 16.3. The Hall–Kier alpha value is -2.65. The molecule has 6 rings (SSSR count). The molecule has 138 valence electrons. The molecule has 2 aromatic carbocycles. The van der Waals surface area contributed by atoms with E-state index < -0.39 is 0 Å². The quantitative estimate of drug-likeness (QED) is 0.291. The molecule has 4 aromatic heterocycles. The highest BCUT2D eigenvalue weighted by Gasteiger charge is 2.24. The first-order valence-electron chi connectivity index (χ1n) is 9.86.